The monoisotopic (exact) mass is 305 g/mol. The van der Waals surface area contributed by atoms with Gasteiger partial charge in [0.25, 0.3) is 0 Å². The third-order valence-corrected chi connectivity index (χ3v) is 3.62. The van der Waals surface area contributed by atoms with Crippen LogP contribution in [0.1, 0.15) is 25.3 Å². The van der Waals surface area contributed by atoms with Crippen molar-refractivity contribution in [1.29, 1.82) is 0 Å². The number of rotatable bonds is 6. The van der Waals surface area contributed by atoms with Crippen LogP contribution in [0.3, 0.4) is 0 Å². The lowest BCUT2D eigenvalue weighted by Crippen LogP contribution is -2.60. The zero-order valence-electron chi connectivity index (χ0n) is 11.3. The van der Waals surface area contributed by atoms with Crippen LogP contribution in [-0.2, 0) is 6.54 Å². The van der Waals surface area contributed by atoms with Crippen molar-refractivity contribution in [3.63, 3.8) is 0 Å². The standard InChI is InChI=1S/C14H18ClF2NO2/c1-2-5-14(19)8-18(9-14)7-10-6-11(15)3-4-12(10)20-13(16)17/h3-4,6,13,19H,2,5,7-9H2,1H3. The molecule has 2 rings (SSSR count). The number of nitrogens with zero attached hydrogens (tertiary/aromatic N) is 1. The quantitative estimate of drug-likeness (QED) is 0.875. The summed E-state index contributed by atoms with van der Waals surface area (Å²) in [5, 5.41) is 10.6. The first-order valence-electron chi connectivity index (χ1n) is 6.60. The first kappa shape index (κ1) is 15.5. The fourth-order valence-corrected chi connectivity index (χ4v) is 2.84. The largest absolute Gasteiger partial charge is 0.434 e. The molecule has 0 saturated carbocycles. The molecule has 1 N–H and O–H groups in total. The van der Waals surface area contributed by atoms with Gasteiger partial charge in [-0.15, -0.1) is 0 Å². The highest BCUT2D eigenvalue weighted by Gasteiger charge is 2.40. The minimum atomic E-state index is -2.86. The van der Waals surface area contributed by atoms with Crippen LogP contribution >= 0.6 is 11.6 Å². The van der Waals surface area contributed by atoms with Gasteiger partial charge in [0, 0.05) is 30.2 Å². The summed E-state index contributed by atoms with van der Waals surface area (Å²) in [7, 11) is 0. The number of ether oxygens (including phenoxy) is 1. The van der Waals surface area contributed by atoms with Crippen LogP contribution in [0.25, 0.3) is 0 Å². The van der Waals surface area contributed by atoms with Gasteiger partial charge in [0.1, 0.15) is 5.75 Å². The van der Waals surface area contributed by atoms with Gasteiger partial charge in [-0.25, -0.2) is 0 Å². The summed E-state index contributed by atoms with van der Waals surface area (Å²) >= 11 is 5.89. The van der Waals surface area contributed by atoms with Crippen LogP contribution in [0, 0.1) is 0 Å². The molecule has 1 aromatic carbocycles. The second-order valence-electron chi connectivity index (χ2n) is 5.25. The van der Waals surface area contributed by atoms with Crippen LogP contribution in [0.4, 0.5) is 8.78 Å². The maximum Gasteiger partial charge on any atom is 0.387 e. The molecule has 112 valence electrons. The molecule has 0 amide bonds. The van der Waals surface area contributed by atoms with Crippen LogP contribution in [0.15, 0.2) is 18.2 Å². The molecule has 0 atom stereocenters. The van der Waals surface area contributed by atoms with Gasteiger partial charge in [-0.1, -0.05) is 24.9 Å². The highest BCUT2D eigenvalue weighted by atomic mass is 35.5. The number of hydrogen-bond donors (Lipinski definition) is 1. The van der Waals surface area contributed by atoms with Crippen LogP contribution in [0.5, 0.6) is 5.75 Å². The van der Waals surface area contributed by atoms with E-state index in [0.717, 1.165) is 12.8 Å². The van der Waals surface area contributed by atoms with Gasteiger partial charge in [-0.05, 0) is 24.6 Å². The van der Waals surface area contributed by atoms with E-state index >= 15 is 0 Å². The van der Waals surface area contributed by atoms with Crippen molar-refractivity contribution >= 4 is 11.6 Å². The Balaban J connectivity index is 2.01. The highest BCUT2D eigenvalue weighted by Crippen LogP contribution is 2.31. The lowest BCUT2D eigenvalue weighted by Gasteiger charge is -2.46. The number of alkyl halides is 2. The molecule has 0 radical (unpaired) electrons. The van der Waals surface area contributed by atoms with Gasteiger partial charge >= 0.3 is 6.61 Å². The molecule has 1 heterocycles. The Bertz CT molecular complexity index is 464. The van der Waals surface area contributed by atoms with Crippen LogP contribution in [0.2, 0.25) is 5.02 Å². The number of likely N-dealkylation sites (tertiary alicyclic amines) is 1. The predicted molar refractivity (Wildman–Crippen MR) is 73.2 cm³/mol. The van der Waals surface area contributed by atoms with Crippen molar-refractivity contribution in [2.75, 3.05) is 13.1 Å². The van der Waals surface area contributed by atoms with E-state index in [1.807, 2.05) is 11.8 Å². The summed E-state index contributed by atoms with van der Waals surface area (Å²) in [6, 6.07) is 4.59. The predicted octanol–water partition coefficient (Wildman–Crippen LogP) is 3.29. The molecule has 20 heavy (non-hydrogen) atoms. The van der Waals surface area contributed by atoms with Crippen molar-refractivity contribution in [2.24, 2.45) is 0 Å². The molecule has 1 aliphatic rings. The minimum Gasteiger partial charge on any atom is -0.434 e. The van der Waals surface area contributed by atoms with Crippen molar-refractivity contribution in [1.82, 2.24) is 4.90 Å². The normalized spacial score (nSPS) is 18.1. The summed E-state index contributed by atoms with van der Waals surface area (Å²) in [6.07, 6.45) is 1.67. The molecule has 0 unspecified atom stereocenters. The molecule has 1 fully saturated rings. The summed E-state index contributed by atoms with van der Waals surface area (Å²) < 4.78 is 29.2. The molecule has 6 heteroatoms. The summed E-state index contributed by atoms with van der Waals surface area (Å²) in [4.78, 5) is 1.99. The van der Waals surface area contributed by atoms with Crippen molar-refractivity contribution < 1.29 is 18.6 Å². The minimum absolute atomic E-state index is 0.135. The fraction of sp³-hybridized carbons (Fsp3) is 0.571. The Morgan fingerprint density at radius 3 is 2.75 bits per heavy atom. The Hall–Kier alpha value is -0.910. The molecule has 3 nitrogen and oxygen atoms in total. The second kappa shape index (κ2) is 6.24. The third kappa shape index (κ3) is 3.81. The highest BCUT2D eigenvalue weighted by molar-refractivity contribution is 6.30. The second-order valence-corrected chi connectivity index (χ2v) is 5.69. The van der Waals surface area contributed by atoms with E-state index < -0.39 is 12.2 Å². The van der Waals surface area contributed by atoms with E-state index in [1.165, 1.54) is 12.1 Å². The molecule has 0 aromatic heterocycles. The Kier molecular flexibility index (Phi) is 4.83. The van der Waals surface area contributed by atoms with Gasteiger partial charge in [-0.3, -0.25) is 4.90 Å². The molecular formula is C14H18ClF2NO2. The Morgan fingerprint density at radius 2 is 2.15 bits per heavy atom. The van der Waals surface area contributed by atoms with E-state index in [0.29, 0.717) is 30.2 Å². The van der Waals surface area contributed by atoms with Gasteiger partial charge in [0.15, 0.2) is 0 Å². The Morgan fingerprint density at radius 1 is 1.45 bits per heavy atom. The smallest absolute Gasteiger partial charge is 0.387 e. The van der Waals surface area contributed by atoms with E-state index in [4.69, 9.17) is 11.6 Å². The zero-order valence-corrected chi connectivity index (χ0v) is 12.0. The molecule has 1 aliphatic heterocycles. The lowest BCUT2D eigenvalue weighted by molar-refractivity contribution is -0.107. The average molecular weight is 306 g/mol. The fourth-order valence-electron chi connectivity index (χ4n) is 2.64. The SMILES string of the molecule is CCCC1(O)CN(Cc2cc(Cl)ccc2OC(F)F)C1. The van der Waals surface area contributed by atoms with Gasteiger partial charge < -0.3 is 9.84 Å². The van der Waals surface area contributed by atoms with Crippen molar-refractivity contribution in [3.05, 3.63) is 28.8 Å². The van der Waals surface area contributed by atoms with E-state index in [9.17, 15) is 13.9 Å². The third-order valence-electron chi connectivity index (χ3n) is 3.38. The number of benzene rings is 1. The number of hydrogen-bond acceptors (Lipinski definition) is 3. The number of aliphatic hydroxyl groups is 1. The summed E-state index contributed by atoms with van der Waals surface area (Å²) in [5.74, 6) is 0.135. The number of halogens is 3. The lowest BCUT2D eigenvalue weighted by atomic mass is 9.89. The average Bonchev–Trinajstić information content (AvgIpc) is 2.30. The van der Waals surface area contributed by atoms with E-state index in [1.54, 1.807) is 6.07 Å². The maximum atomic E-state index is 12.3. The van der Waals surface area contributed by atoms with Gasteiger partial charge in [0.2, 0.25) is 0 Å². The summed E-state index contributed by atoms with van der Waals surface area (Å²) in [5.41, 5.74) is -0.0341. The van der Waals surface area contributed by atoms with Crippen LogP contribution in [-0.4, -0.2) is 35.3 Å². The van der Waals surface area contributed by atoms with Crippen molar-refractivity contribution in [3.8, 4) is 5.75 Å². The van der Waals surface area contributed by atoms with Crippen LogP contribution < -0.4 is 4.74 Å². The molecule has 1 aromatic rings. The summed E-state index contributed by atoms with van der Waals surface area (Å²) in [6.45, 7) is 0.687. The molecule has 1 saturated heterocycles. The topological polar surface area (TPSA) is 32.7 Å². The zero-order chi connectivity index (χ0) is 14.8. The van der Waals surface area contributed by atoms with E-state index in [-0.39, 0.29) is 5.75 Å². The first-order valence-corrected chi connectivity index (χ1v) is 6.97. The molecular weight excluding hydrogens is 288 g/mol. The maximum absolute atomic E-state index is 12.3. The number of β-amino-alcohol motifs (C(OH)–C–C–N with tert-alkyl or cyclic N) is 1. The molecule has 0 bridgehead atoms. The Labute approximate surface area is 122 Å². The van der Waals surface area contributed by atoms with Gasteiger partial charge in [-0.2, -0.15) is 8.78 Å². The first-order chi connectivity index (χ1) is 9.42. The van der Waals surface area contributed by atoms with E-state index in [2.05, 4.69) is 4.74 Å². The van der Waals surface area contributed by atoms with Crippen molar-refractivity contribution in [2.45, 2.75) is 38.5 Å². The molecule has 0 spiro atoms. The molecule has 0 aliphatic carbocycles. The van der Waals surface area contributed by atoms with Gasteiger partial charge in [0.05, 0.1) is 5.60 Å².